The van der Waals surface area contributed by atoms with Gasteiger partial charge in [0.15, 0.2) is 0 Å². The molecule has 0 radical (unpaired) electrons. The monoisotopic (exact) mass is 230 g/mol. The van der Waals surface area contributed by atoms with E-state index in [1.54, 1.807) is 0 Å². The van der Waals surface area contributed by atoms with Gasteiger partial charge in [-0.15, -0.1) is 0 Å². The number of hydrogen-bond donors (Lipinski definition) is 0. The standard InChI is InChI=1S/C13H14.2C2H6/c1-2-5-9-12(8-4-1)13-10-6-3-7-11-13;2*1-2/h3-4,6-11H,1-2,5H2;2*1-2H3. The molecule has 0 spiro atoms. The minimum atomic E-state index is 1.21. The van der Waals surface area contributed by atoms with Crippen LogP contribution in [0.15, 0.2) is 48.6 Å². The largest absolute Gasteiger partial charge is 0.0839 e. The van der Waals surface area contributed by atoms with Gasteiger partial charge in [-0.05, 0) is 30.4 Å². The molecule has 0 unspecified atom stereocenters. The van der Waals surface area contributed by atoms with E-state index in [-0.39, 0.29) is 0 Å². The molecule has 0 nitrogen and oxygen atoms in total. The summed E-state index contributed by atoms with van der Waals surface area (Å²) < 4.78 is 0. The molecule has 0 fully saturated rings. The van der Waals surface area contributed by atoms with Gasteiger partial charge in [-0.1, -0.05) is 76.3 Å². The highest BCUT2D eigenvalue weighted by atomic mass is 14.0. The zero-order chi connectivity index (χ0) is 12.9. The molecule has 0 heteroatoms. The van der Waals surface area contributed by atoms with E-state index in [9.17, 15) is 0 Å². The van der Waals surface area contributed by atoms with Gasteiger partial charge in [-0.3, -0.25) is 0 Å². The summed E-state index contributed by atoms with van der Waals surface area (Å²) >= 11 is 0. The van der Waals surface area contributed by atoms with Crippen LogP contribution in [0, 0.1) is 0 Å². The van der Waals surface area contributed by atoms with Crippen molar-refractivity contribution in [3.63, 3.8) is 0 Å². The molecule has 1 aliphatic rings. The molecule has 17 heavy (non-hydrogen) atoms. The second-order valence-corrected chi connectivity index (χ2v) is 3.36. The molecule has 2 rings (SSSR count). The number of hydrogen-bond acceptors (Lipinski definition) is 0. The third kappa shape index (κ3) is 6.11. The molecule has 0 heterocycles. The summed E-state index contributed by atoms with van der Waals surface area (Å²) in [5, 5.41) is 0. The highest BCUT2D eigenvalue weighted by Crippen LogP contribution is 2.20. The Morgan fingerprint density at radius 1 is 0.824 bits per heavy atom. The maximum atomic E-state index is 2.33. The number of rotatable bonds is 1. The van der Waals surface area contributed by atoms with Crippen LogP contribution in [0.2, 0.25) is 0 Å². The quantitative estimate of drug-likeness (QED) is 0.566. The lowest BCUT2D eigenvalue weighted by Gasteiger charge is -2.00. The van der Waals surface area contributed by atoms with Crippen molar-refractivity contribution in [3.05, 3.63) is 54.1 Å². The number of allylic oxidation sites excluding steroid dienone is 4. The number of benzene rings is 1. The molecule has 1 aliphatic carbocycles. The maximum Gasteiger partial charge on any atom is -0.0187 e. The van der Waals surface area contributed by atoms with Crippen molar-refractivity contribution >= 4 is 5.57 Å². The van der Waals surface area contributed by atoms with Gasteiger partial charge >= 0.3 is 0 Å². The van der Waals surface area contributed by atoms with Crippen molar-refractivity contribution in [1.29, 1.82) is 0 Å². The molecule has 0 atom stereocenters. The fourth-order valence-corrected chi connectivity index (χ4v) is 1.62. The lowest BCUT2D eigenvalue weighted by Crippen LogP contribution is -1.78. The first-order chi connectivity index (χ1) is 8.47. The minimum absolute atomic E-state index is 1.21. The van der Waals surface area contributed by atoms with Crippen molar-refractivity contribution in [3.8, 4) is 0 Å². The highest BCUT2D eigenvalue weighted by molar-refractivity contribution is 5.74. The summed E-state index contributed by atoms with van der Waals surface area (Å²) in [6.45, 7) is 8.00. The molecule has 1 aromatic rings. The molecule has 0 amide bonds. The van der Waals surface area contributed by atoms with Gasteiger partial charge < -0.3 is 0 Å². The van der Waals surface area contributed by atoms with E-state index in [0.717, 1.165) is 0 Å². The minimum Gasteiger partial charge on any atom is -0.0839 e. The summed E-state index contributed by atoms with van der Waals surface area (Å²) in [5.74, 6) is 0. The Balaban J connectivity index is 0.000000581. The SMILES string of the molecule is C1=CC(c2ccccc2)=CCCC1.CC.CC. The van der Waals surface area contributed by atoms with E-state index in [0.29, 0.717) is 0 Å². The van der Waals surface area contributed by atoms with Crippen LogP contribution in [0.1, 0.15) is 52.5 Å². The van der Waals surface area contributed by atoms with Gasteiger partial charge in [0.1, 0.15) is 0 Å². The van der Waals surface area contributed by atoms with Gasteiger partial charge in [0.05, 0.1) is 0 Å². The van der Waals surface area contributed by atoms with E-state index in [1.165, 1.54) is 30.4 Å². The Hall–Kier alpha value is -1.30. The Morgan fingerprint density at radius 3 is 2.12 bits per heavy atom. The van der Waals surface area contributed by atoms with Crippen molar-refractivity contribution in [2.45, 2.75) is 47.0 Å². The van der Waals surface area contributed by atoms with Crippen LogP contribution in [0.25, 0.3) is 5.57 Å². The maximum absolute atomic E-state index is 2.33. The second-order valence-electron chi connectivity index (χ2n) is 3.36. The van der Waals surface area contributed by atoms with Crippen LogP contribution < -0.4 is 0 Å². The zero-order valence-corrected chi connectivity index (χ0v) is 11.7. The lowest BCUT2D eigenvalue weighted by atomic mass is 10.1. The van der Waals surface area contributed by atoms with Crippen LogP contribution >= 0.6 is 0 Å². The van der Waals surface area contributed by atoms with Crippen molar-refractivity contribution < 1.29 is 0 Å². The molecule has 0 bridgehead atoms. The molecular formula is C17H26. The van der Waals surface area contributed by atoms with Crippen molar-refractivity contribution in [1.82, 2.24) is 0 Å². The Bertz CT molecular complexity index is 317. The van der Waals surface area contributed by atoms with Gasteiger partial charge in [0.25, 0.3) is 0 Å². The summed E-state index contributed by atoms with van der Waals surface area (Å²) in [7, 11) is 0. The van der Waals surface area contributed by atoms with Crippen molar-refractivity contribution in [2.75, 3.05) is 0 Å². The molecule has 0 saturated carbocycles. The van der Waals surface area contributed by atoms with Gasteiger partial charge in [-0.25, -0.2) is 0 Å². The molecule has 0 N–H and O–H groups in total. The summed E-state index contributed by atoms with van der Waals surface area (Å²) in [4.78, 5) is 0. The van der Waals surface area contributed by atoms with E-state index >= 15 is 0 Å². The Morgan fingerprint density at radius 2 is 1.47 bits per heavy atom. The highest BCUT2D eigenvalue weighted by Gasteiger charge is 1.98. The van der Waals surface area contributed by atoms with Gasteiger partial charge in [-0.2, -0.15) is 0 Å². The first-order valence-corrected chi connectivity index (χ1v) is 6.89. The average molecular weight is 230 g/mol. The first-order valence-electron chi connectivity index (χ1n) is 6.89. The molecule has 0 saturated heterocycles. The average Bonchev–Trinajstić information content (AvgIpc) is 2.73. The normalized spacial score (nSPS) is 13.3. The molecule has 94 valence electrons. The second kappa shape index (κ2) is 11.2. The fraction of sp³-hybridized carbons (Fsp3) is 0.412. The summed E-state index contributed by atoms with van der Waals surface area (Å²) in [6, 6.07) is 10.6. The van der Waals surface area contributed by atoms with E-state index in [1.807, 2.05) is 27.7 Å². The molecule has 0 aliphatic heterocycles. The Kier molecular flexibility index (Phi) is 10.3. The van der Waals surface area contributed by atoms with Gasteiger partial charge in [0, 0.05) is 0 Å². The van der Waals surface area contributed by atoms with Gasteiger partial charge in [0.2, 0.25) is 0 Å². The smallest absolute Gasteiger partial charge is 0.0187 e. The first kappa shape index (κ1) is 15.7. The van der Waals surface area contributed by atoms with E-state index in [4.69, 9.17) is 0 Å². The molecule has 1 aromatic carbocycles. The fourth-order valence-electron chi connectivity index (χ4n) is 1.62. The van der Waals surface area contributed by atoms with Crippen LogP contribution in [0.4, 0.5) is 0 Å². The lowest BCUT2D eigenvalue weighted by molar-refractivity contribution is 0.876. The van der Waals surface area contributed by atoms with E-state index < -0.39 is 0 Å². The Labute approximate surface area is 107 Å². The van der Waals surface area contributed by atoms with Crippen LogP contribution in [-0.2, 0) is 0 Å². The summed E-state index contributed by atoms with van der Waals surface area (Å²) in [6.07, 6.45) is 10.5. The van der Waals surface area contributed by atoms with Crippen LogP contribution in [0.5, 0.6) is 0 Å². The predicted octanol–water partition coefficient (Wildman–Crippen LogP) is 5.86. The third-order valence-corrected chi connectivity index (χ3v) is 2.34. The summed E-state index contributed by atoms with van der Waals surface area (Å²) in [5.41, 5.74) is 2.71. The zero-order valence-electron chi connectivity index (χ0n) is 11.7. The topological polar surface area (TPSA) is 0 Å². The van der Waals surface area contributed by atoms with Crippen molar-refractivity contribution in [2.24, 2.45) is 0 Å². The molecular weight excluding hydrogens is 204 g/mol. The predicted molar refractivity (Wildman–Crippen MR) is 80.1 cm³/mol. The van der Waals surface area contributed by atoms with E-state index in [2.05, 4.69) is 48.6 Å². The third-order valence-electron chi connectivity index (χ3n) is 2.34. The van der Waals surface area contributed by atoms with Crippen LogP contribution in [-0.4, -0.2) is 0 Å². The van der Waals surface area contributed by atoms with Crippen LogP contribution in [0.3, 0.4) is 0 Å². The molecule has 0 aromatic heterocycles.